The van der Waals surface area contributed by atoms with E-state index < -0.39 is 5.60 Å². The molecular formula is C20H30N4OS. The number of para-hydroxylation sites is 1. The molecule has 3 N–H and O–H groups in total. The molecule has 0 amide bonds. The van der Waals surface area contributed by atoms with Gasteiger partial charge in [0.2, 0.25) is 0 Å². The number of rotatable bonds is 8. The van der Waals surface area contributed by atoms with Crippen molar-refractivity contribution in [2.75, 3.05) is 31.6 Å². The van der Waals surface area contributed by atoms with Gasteiger partial charge in [-0.05, 0) is 44.4 Å². The maximum atomic E-state index is 10.6. The van der Waals surface area contributed by atoms with Crippen LogP contribution >= 0.6 is 11.3 Å². The normalized spacial score (nSPS) is 15.2. The van der Waals surface area contributed by atoms with Crippen molar-refractivity contribution in [1.82, 2.24) is 10.6 Å². The van der Waals surface area contributed by atoms with Crippen LogP contribution in [0, 0.1) is 0 Å². The Labute approximate surface area is 160 Å². The fourth-order valence-corrected chi connectivity index (χ4v) is 3.32. The van der Waals surface area contributed by atoms with Crippen LogP contribution in [-0.4, -0.2) is 43.8 Å². The van der Waals surface area contributed by atoms with E-state index in [-0.39, 0.29) is 0 Å². The van der Waals surface area contributed by atoms with Crippen molar-refractivity contribution in [3.05, 3.63) is 52.7 Å². The van der Waals surface area contributed by atoms with E-state index in [1.54, 1.807) is 18.3 Å². The molecular weight excluding hydrogens is 344 g/mol. The first-order valence-electron chi connectivity index (χ1n) is 9.00. The van der Waals surface area contributed by atoms with E-state index in [1.807, 2.05) is 42.6 Å². The van der Waals surface area contributed by atoms with E-state index >= 15 is 0 Å². The van der Waals surface area contributed by atoms with Crippen molar-refractivity contribution in [2.45, 2.75) is 32.4 Å². The van der Waals surface area contributed by atoms with Gasteiger partial charge in [0.15, 0.2) is 5.96 Å². The zero-order valence-electron chi connectivity index (χ0n) is 16.1. The predicted octanol–water partition coefficient (Wildman–Crippen LogP) is 3.04. The molecule has 2 aromatic rings. The van der Waals surface area contributed by atoms with Gasteiger partial charge in [0, 0.05) is 36.7 Å². The van der Waals surface area contributed by atoms with Crippen LogP contribution in [0.3, 0.4) is 0 Å². The van der Waals surface area contributed by atoms with Crippen LogP contribution in [0.4, 0.5) is 5.69 Å². The minimum Gasteiger partial charge on any atom is -0.383 e. The molecule has 1 aromatic heterocycles. The summed E-state index contributed by atoms with van der Waals surface area (Å²) >= 11 is 1.55. The average Bonchev–Trinajstić information content (AvgIpc) is 3.19. The highest BCUT2D eigenvalue weighted by atomic mass is 32.1. The van der Waals surface area contributed by atoms with Crippen LogP contribution in [0.2, 0.25) is 0 Å². The monoisotopic (exact) mass is 374 g/mol. The lowest BCUT2D eigenvalue weighted by atomic mass is 10.1. The smallest absolute Gasteiger partial charge is 0.191 e. The number of aliphatic imine (C=N–C) groups is 1. The van der Waals surface area contributed by atoms with Gasteiger partial charge in [-0.3, -0.25) is 0 Å². The molecule has 0 spiro atoms. The molecule has 2 atom stereocenters. The van der Waals surface area contributed by atoms with Gasteiger partial charge < -0.3 is 20.6 Å². The first-order chi connectivity index (χ1) is 12.4. The summed E-state index contributed by atoms with van der Waals surface area (Å²) in [4.78, 5) is 7.74. The van der Waals surface area contributed by atoms with Crippen molar-refractivity contribution >= 4 is 23.0 Å². The highest BCUT2D eigenvalue weighted by Gasteiger charge is 2.24. The molecule has 5 nitrogen and oxygen atoms in total. The van der Waals surface area contributed by atoms with E-state index in [2.05, 4.69) is 46.6 Å². The summed E-state index contributed by atoms with van der Waals surface area (Å²) in [7, 11) is 2.09. The average molecular weight is 375 g/mol. The Bertz CT molecular complexity index is 670. The third-order valence-corrected chi connectivity index (χ3v) is 5.45. The molecule has 0 aliphatic carbocycles. The lowest BCUT2D eigenvalue weighted by molar-refractivity contribution is 0.0711. The van der Waals surface area contributed by atoms with Crippen LogP contribution in [0.15, 0.2) is 52.8 Å². The molecule has 0 aliphatic heterocycles. The van der Waals surface area contributed by atoms with Crippen molar-refractivity contribution in [2.24, 2.45) is 4.99 Å². The number of guanidine groups is 1. The van der Waals surface area contributed by atoms with Gasteiger partial charge in [-0.2, -0.15) is 0 Å². The Morgan fingerprint density at radius 3 is 2.58 bits per heavy atom. The quantitative estimate of drug-likeness (QED) is 0.491. The summed E-state index contributed by atoms with van der Waals surface area (Å²) in [5.41, 5.74) is 0.229. The lowest BCUT2D eigenvalue weighted by Crippen LogP contribution is -2.45. The van der Waals surface area contributed by atoms with Gasteiger partial charge in [-0.25, -0.2) is 4.99 Å². The highest BCUT2D eigenvalue weighted by Crippen LogP contribution is 2.25. The number of benzene rings is 1. The molecule has 0 radical (unpaired) electrons. The second-order valence-electron chi connectivity index (χ2n) is 6.62. The van der Waals surface area contributed by atoms with Crippen molar-refractivity contribution < 1.29 is 5.11 Å². The van der Waals surface area contributed by atoms with Crippen molar-refractivity contribution in [3.63, 3.8) is 0 Å². The molecule has 0 aliphatic rings. The topological polar surface area (TPSA) is 59.9 Å². The molecule has 0 bridgehead atoms. The molecule has 6 heteroatoms. The summed E-state index contributed by atoms with van der Waals surface area (Å²) in [5.74, 6) is 0.720. The van der Waals surface area contributed by atoms with E-state index in [1.165, 1.54) is 5.69 Å². The standard InChI is InChI=1S/C20H30N4OS/c1-5-21-19(23-15-20(3,25)18-12-9-13-26-18)22-14-16(2)24(4)17-10-7-6-8-11-17/h6-13,16,25H,5,14-15H2,1-4H3,(H2,21,22,23). The predicted molar refractivity (Wildman–Crippen MR) is 112 cm³/mol. The first kappa shape index (κ1) is 20.3. The maximum Gasteiger partial charge on any atom is 0.191 e. The Hall–Kier alpha value is -2.05. The minimum atomic E-state index is -0.955. The number of hydrogen-bond acceptors (Lipinski definition) is 4. The number of thiophene rings is 1. The number of aliphatic hydroxyl groups is 1. The molecule has 2 unspecified atom stereocenters. The third-order valence-electron chi connectivity index (χ3n) is 4.33. The number of likely N-dealkylation sites (N-methyl/N-ethyl adjacent to an activating group) is 1. The fraction of sp³-hybridized carbons (Fsp3) is 0.450. The van der Waals surface area contributed by atoms with Crippen LogP contribution in [0.25, 0.3) is 0 Å². The van der Waals surface area contributed by atoms with Crippen LogP contribution in [0.1, 0.15) is 25.6 Å². The van der Waals surface area contributed by atoms with Crippen LogP contribution < -0.4 is 15.5 Å². The summed E-state index contributed by atoms with van der Waals surface area (Å²) in [6.45, 7) is 7.84. The van der Waals surface area contributed by atoms with Crippen molar-refractivity contribution in [3.8, 4) is 0 Å². The molecule has 1 heterocycles. The third kappa shape index (κ3) is 5.75. The van der Waals surface area contributed by atoms with Gasteiger partial charge in [-0.15, -0.1) is 11.3 Å². The van der Waals surface area contributed by atoms with Gasteiger partial charge >= 0.3 is 0 Å². The summed E-state index contributed by atoms with van der Waals surface area (Å²) in [5, 5.41) is 19.2. The van der Waals surface area contributed by atoms with Gasteiger partial charge in [0.05, 0.1) is 6.54 Å². The van der Waals surface area contributed by atoms with Gasteiger partial charge in [0.25, 0.3) is 0 Å². The SMILES string of the molecule is CCNC(=NCC(C)(O)c1cccs1)NCC(C)N(C)c1ccccc1. The van der Waals surface area contributed by atoms with Crippen LogP contribution in [-0.2, 0) is 5.60 Å². The molecule has 26 heavy (non-hydrogen) atoms. The minimum absolute atomic E-state index is 0.291. The van der Waals surface area contributed by atoms with E-state index in [0.717, 1.165) is 23.9 Å². The zero-order valence-corrected chi connectivity index (χ0v) is 16.9. The Balaban J connectivity index is 1.95. The summed E-state index contributed by atoms with van der Waals surface area (Å²) in [6, 6.07) is 14.5. The number of nitrogens with zero attached hydrogens (tertiary/aromatic N) is 2. The molecule has 2 rings (SSSR count). The molecule has 0 fully saturated rings. The zero-order chi connectivity index (χ0) is 19.0. The second-order valence-corrected chi connectivity index (χ2v) is 7.57. The number of hydrogen-bond donors (Lipinski definition) is 3. The highest BCUT2D eigenvalue weighted by molar-refractivity contribution is 7.10. The van der Waals surface area contributed by atoms with E-state index in [4.69, 9.17) is 0 Å². The summed E-state index contributed by atoms with van der Waals surface area (Å²) in [6.07, 6.45) is 0. The summed E-state index contributed by atoms with van der Waals surface area (Å²) < 4.78 is 0. The van der Waals surface area contributed by atoms with Crippen molar-refractivity contribution in [1.29, 1.82) is 0 Å². The van der Waals surface area contributed by atoms with Gasteiger partial charge in [0.1, 0.15) is 5.60 Å². The van der Waals surface area contributed by atoms with Gasteiger partial charge in [-0.1, -0.05) is 24.3 Å². The maximum absolute atomic E-state index is 10.6. The Morgan fingerprint density at radius 2 is 1.96 bits per heavy atom. The number of anilines is 1. The van der Waals surface area contributed by atoms with E-state index in [9.17, 15) is 5.11 Å². The fourth-order valence-electron chi connectivity index (χ4n) is 2.54. The number of nitrogens with one attached hydrogen (secondary N) is 2. The Morgan fingerprint density at radius 1 is 1.23 bits per heavy atom. The second kappa shape index (κ2) is 9.59. The van der Waals surface area contributed by atoms with Crippen LogP contribution in [0.5, 0.6) is 0 Å². The largest absolute Gasteiger partial charge is 0.383 e. The first-order valence-corrected chi connectivity index (χ1v) is 9.88. The molecule has 142 valence electrons. The Kier molecular flexibility index (Phi) is 7.48. The molecule has 1 aromatic carbocycles. The van der Waals surface area contributed by atoms with E-state index in [0.29, 0.717) is 12.6 Å². The molecule has 0 saturated heterocycles. The molecule has 0 saturated carbocycles. The lowest BCUT2D eigenvalue weighted by Gasteiger charge is -2.28.